The number of hydrogen-bond acceptors (Lipinski definition) is 1. The first-order valence-corrected chi connectivity index (χ1v) is 6.91. The maximum absolute atomic E-state index is 3.71. The van der Waals surface area contributed by atoms with Crippen LogP contribution in [0.5, 0.6) is 0 Å². The minimum Gasteiger partial charge on any atom is -0.310 e. The third kappa shape index (κ3) is 2.44. The van der Waals surface area contributed by atoms with Crippen LogP contribution in [0.2, 0.25) is 0 Å². The van der Waals surface area contributed by atoms with Gasteiger partial charge in [-0.25, -0.2) is 0 Å². The van der Waals surface area contributed by atoms with E-state index in [4.69, 9.17) is 0 Å². The number of rotatable bonds is 2. The number of benzene rings is 1. The third-order valence-electron chi connectivity index (χ3n) is 4.15. The Labute approximate surface area is 104 Å². The van der Waals surface area contributed by atoms with E-state index in [0.717, 1.165) is 0 Å². The van der Waals surface area contributed by atoms with Crippen molar-refractivity contribution < 1.29 is 0 Å². The molecule has 0 spiro atoms. The van der Waals surface area contributed by atoms with Crippen LogP contribution in [0.4, 0.5) is 0 Å². The molecule has 1 aliphatic carbocycles. The van der Waals surface area contributed by atoms with Gasteiger partial charge in [0.05, 0.1) is 0 Å². The van der Waals surface area contributed by atoms with Gasteiger partial charge in [0.2, 0.25) is 0 Å². The molecule has 0 aromatic heterocycles. The van der Waals surface area contributed by atoms with Gasteiger partial charge in [0.1, 0.15) is 0 Å². The highest BCUT2D eigenvalue weighted by Gasteiger charge is 2.24. The lowest BCUT2D eigenvalue weighted by Gasteiger charge is -2.33. The van der Waals surface area contributed by atoms with Crippen molar-refractivity contribution in [1.29, 1.82) is 0 Å². The molecule has 0 saturated heterocycles. The first-order valence-electron chi connectivity index (χ1n) is 6.91. The van der Waals surface area contributed by atoms with Crippen LogP contribution in [0.25, 0.3) is 0 Å². The van der Waals surface area contributed by atoms with Crippen molar-refractivity contribution in [2.24, 2.45) is 0 Å². The first kappa shape index (κ1) is 11.0. The summed E-state index contributed by atoms with van der Waals surface area (Å²) in [5.41, 5.74) is 4.98. The Bertz CT molecular complexity index is 401. The quantitative estimate of drug-likeness (QED) is 0.763. The second kappa shape index (κ2) is 5.05. The van der Waals surface area contributed by atoms with E-state index in [0.29, 0.717) is 6.04 Å². The number of hydrogen-bond donors (Lipinski definition) is 1. The van der Waals surface area contributed by atoms with Crippen molar-refractivity contribution in [3.8, 4) is 0 Å². The lowest BCUT2D eigenvalue weighted by atomic mass is 9.81. The predicted octanol–water partition coefficient (Wildman–Crippen LogP) is 3.46. The fourth-order valence-corrected chi connectivity index (χ4v) is 3.26. The monoisotopic (exact) mass is 227 g/mol. The average Bonchev–Trinajstić information content (AvgIpc) is 2.40. The van der Waals surface area contributed by atoms with E-state index in [9.17, 15) is 0 Å². The minimum atomic E-state index is 0.612. The summed E-state index contributed by atoms with van der Waals surface area (Å²) >= 11 is 0. The van der Waals surface area contributed by atoms with Gasteiger partial charge < -0.3 is 5.32 Å². The third-order valence-corrected chi connectivity index (χ3v) is 4.15. The molecular weight excluding hydrogens is 206 g/mol. The van der Waals surface area contributed by atoms with Gasteiger partial charge in [-0.15, -0.1) is 0 Å². The molecule has 0 amide bonds. The summed E-state index contributed by atoms with van der Waals surface area (Å²) in [6.45, 7) is 1.18. The lowest BCUT2D eigenvalue weighted by Crippen LogP contribution is -2.39. The van der Waals surface area contributed by atoms with Gasteiger partial charge in [0.25, 0.3) is 0 Å². The van der Waals surface area contributed by atoms with Crippen molar-refractivity contribution in [2.45, 2.75) is 44.6 Å². The molecule has 0 radical (unpaired) electrons. The molecule has 1 heteroatoms. The van der Waals surface area contributed by atoms with E-state index < -0.39 is 0 Å². The Morgan fingerprint density at radius 1 is 1.00 bits per heavy atom. The number of nitrogens with one attached hydrogen (secondary N) is 1. The highest BCUT2D eigenvalue weighted by Crippen LogP contribution is 2.32. The van der Waals surface area contributed by atoms with Crippen LogP contribution in [0, 0.1) is 0 Å². The average molecular weight is 227 g/mol. The van der Waals surface area contributed by atoms with E-state index in [1.165, 1.54) is 50.6 Å². The zero-order chi connectivity index (χ0) is 11.5. The smallest absolute Gasteiger partial charge is 0.0322 e. The molecule has 0 saturated carbocycles. The van der Waals surface area contributed by atoms with Crippen molar-refractivity contribution in [3.63, 3.8) is 0 Å². The fraction of sp³-hybridized carbons (Fsp3) is 0.500. The largest absolute Gasteiger partial charge is 0.310 e. The zero-order valence-electron chi connectivity index (χ0n) is 10.4. The molecule has 17 heavy (non-hydrogen) atoms. The Balaban J connectivity index is 1.78. The molecule has 1 atom stereocenters. The molecule has 3 rings (SSSR count). The van der Waals surface area contributed by atoms with Crippen LogP contribution in [0.15, 0.2) is 41.5 Å². The van der Waals surface area contributed by atoms with Crippen LogP contribution < -0.4 is 5.32 Å². The standard InChI is InChI=1S/C16H21N/c1-2-6-13(7-3-1)12-16-15-9-5-4-8-14(15)10-11-17-16/h1-3,6-7,16-17H,4-5,8-12H2/t16-/m0/s1. The normalized spacial score (nSPS) is 24.6. The van der Waals surface area contributed by atoms with Gasteiger partial charge in [-0.2, -0.15) is 0 Å². The van der Waals surface area contributed by atoms with Gasteiger partial charge in [0.15, 0.2) is 0 Å². The molecule has 1 aromatic rings. The maximum atomic E-state index is 3.71. The molecule has 90 valence electrons. The Kier molecular flexibility index (Phi) is 3.28. The molecule has 0 bridgehead atoms. The molecule has 1 aromatic carbocycles. The van der Waals surface area contributed by atoms with Crippen molar-refractivity contribution in [2.75, 3.05) is 6.54 Å². The van der Waals surface area contributed by atoms with E-state index in [2.05, 4.69) is 35.6 Å². The summed E-state index contributed by atoms with van der Waals surface area (Å²) in [5, 5.41) is 3.71. The van der Waals surface area contributed by atoms with E-state index in [-0.39, 0.29) is 0 Å². The van der Waals surface area contributed by atoms with Crippen LogP contribution in [0.3, 0.4) is 0 Å². The summed E-state index contributed by atoms with van der Waals surface area (Å²) in [5.74, 6) is 0. The summed E-state index contributed by atoms with van der Waals surface area (Å²) in [6, 6.07) is 11.5. The predicted molar refractivity (Wildman–Crippen MR) is 72.0 cm³/mol. The second-order valence-electron chi connectivity index (χ2n) is 5.28. The summed E-state index contributed by atoms with van der Waals surface area (Å²) in [4.78, 5) is 0. The molecule has 0 fully saturated rings. The Morgan fingerprint density at radius 2 is 1.82 bits per heavy atom. The molecule has 1 nitrogen and oxygen atoms in total. The summed E-state index contributed by atoms with van der Waals surface area (Å²) in [7, 11) is 0. The van der Waals surface area contributed by atoms with Crippen LogP contribution in [-0.4, -0.2) is 12.6 Å². The molecule has 1 heterocycles. The van der Waals surface area contributed by atoms with Crippen LogP contribution >= 0.6 is 0 Å². The summed E-state index contributed by atoms with van der Waals surface area (Å²) in [6.07, 6.45) is 7.96. The fourth-order valence-electron chi connectivity index (χ4n) is 3.26. The topological polar surface area (TPSA) is 12.0 Å². The highest BCUT2D eigenvalue weighted by molar-refractivity contribution is 5.28. The van der Waals surface area contributed by atoms with Gasteiger partial charge in [-0.1, -0.05) is 41.5 Å². The molecule has 1 N–H and O–H groups in total. The molecule has 2 aliphatic rings. The maximum Gasteiger partial charge on any atom is 0.0322 e. The van der Waals surface area contributed by atoms with E-state index in [1.807, 2.05) is 0 Å². The van der Waals surface area contributed by atoms with Gasteiger partial charge in [-0.3, -0.25) is 0 Å². The SMILES string of the molecule is c1ccc(C[C@@H]2NCCC3=C2CCCC3)cc1. The second-order valence-corrected chi connectivity index (χ2v) is 5.28. The van der Waals surface area contributed by atoms with E-state index >= 15 is 0 Å². The van der Waals surface area contributed by atoms with E-state index in [1.54, 1.807) is 11.1 Å². The van der Waals surface area contributed by atoms with Crippen LogP contribution in [0.1, 0.15) is 37.7 Å². The molecule has 0 unspecified atom stereocenters. The van der Waals surface area contributed by atoms with Crippen molar-refractivity contribution in [1.82, 2.24) is 5.32 Å². The van der Waals surface area contributed by atoms with Crippen molar-refractivity contribution in [3.05, 3.63) is 47.0 Å². The van der Waals surface area contributed by atoms with Gasteiger partial charge >= 0.3 is 0 Å². The highest BCUT2D eigenvalue weighted by atomic mass is 14.9. The van der Waals surface area contributed by atoms with Crippen molar-refractivity contribution >= 4 is 0 Å². The van der Waals surface area contributed by atoms with Crippen LogP contribution in [-0.2, 0) is 6.42 Å². The lowest BCUT2D eigenvalue weighted by molar-refractivity contribution is 0.474. The summed E-state index contributed by atoms with van der Waals surface area (Å²) < 4.78 is 0. The van der Waals surface area contributed by atoms with Gasteiger partial charge in [0, 0.05) is 6.04 Å². The zero-order valence-corrected chi connectivity index (χ0v) is 10.4. The minimum absolute atomic E-state index is 0.612. The first-order chi connectivity index (χ1) is 8.43. The Morgan fingerprint density at radius 3 is 2.71 bits per heavy atom. The molecular formula is C16H21N. The Hall–Kier alpha value is -1.08. The molecule has 1 aliphatic heterocycles. The van der Waals surface area contributed by atoms with Gasteiger partial charge in [-0.05, 0) is 50.6 Å².